The normalized spacial score (nSPS) is 20.4. The van der Waals surface area contributed by atoms with Crippen LogP contribution in [0.2, 0.25) is 0 Å². The van der Waals surface area contributed by atoms with E-state index in [1.165, 1.54) is 11.0 Å². The Morgan fingerprint density at radius 3 is 2.20 bits per heavy atom. The second kappa shape index (κ2) is 1.11. The molecule has 0 atom stereocenters. The fourth-order valence-electron chi connectivity index (χ4n) is 0.203. The van der Waals surface area contributed by atoms with Crippen LogP contribution in [0.4, 0.5) is 0 Å². The summed E-state index contributed by atoms with van der Waals surface area (Å²) in [4.78, 5) is 3.93. The van der Waals surface area contributed by atoms with Gasteiger partial charge in [0, 0.05) is 0 Å². The van der Waals surface area contributed by atoms with E-state index in [4.69, 9.17) is 0 Å². The van der Waals surface area contributed by atoms with Crippen molar-refractivity contribution in [3.8, 4) is 0 Å². The van der Waals surface area contributed by atoms with Gasteiger partial charge in [0.2, 0.25) is 0 Å². The average Bonchev–Trinajstić information content (AvgIpc) is 1.30. The van der Waals surface area contributed by atoms with Gasteiger partial charge in [-0.2, -0.15) is 0 Å². The van der Waals surface area contributed by atoms with Gasteiger partial charge in [-0.25, -0.2) is 0 Å². The van der Waals surface area contributed by atoms with Crippen LogP contribution in [0.3, 0.4) is 0 Å². The first-order chi connectivity index (χ1) is 2.39. The topological polar surface area (TPSA) is 12.4 Å². The molecule has 1 radical (unpaired) electrons. The first kappa shape index (κ1) is 3.38. The van der Waals surface area contributed by atoms with Crippen LogP contribution in [0.1, 0.15) is 6.42 Å². The van der Waals surface area contributed by atoms with Gasteiger partial charge in [-0.3, -0.25) is 0 Å². The Hall–Kier alpha value is 0.189. The Labute approximate surface area is 39.3 Å². The Kier molecular flexibility index (Phi) is 0.753. The molecule has 0 fully saturated rings. The molecule has 0 saturated heterocycles. The monoisotopic (exact) mass is 134 g/mol. The third kappa shape index (κ3) is 0.524. The van der Waals surface area contributed by atoms with Crippen LogP contribution in [0, 0.1) is 0 Å². The average molecular weight is 133 g/mol. The molecule has 0 aliphatic carbocycles. The van der Waals surface area contributed by atoms with Gasteiger partial charge in [0.05, 0.1) is 0 Å². The SMILES string of the molecule is [Se]C1=NCC1. The van der Waals surface area contributed by atoms with Crippen molar-refractivity contribution in [2.24, 2.45) is 4.99 Å². The first-order valence-electron chi connectivity index (χ1n) is 1.60. The van der Waals surface area contributed by atoms with Gasteiger partial charge < -0.3 is 0 Å². The molecule has 0 aromatic heterocycles. The molecule has 1 aliphatic rings. The quantitative estimate of drug-likeness (QED) is 0.411. The maximum absolute atomic E-state index is 3.93. The Balaban J connectivity index is 2.51. The van der Waals surface area contributed by atoms with E-state index in [1.807, 2.05) is 0 Å². The summed E-state index contributed by atoms with van der Waals surface area (Å²) in [5, 5.41) is 0. The minimum absolute atomic E-state index is 1.04. The van der Waals surface area contributed by atoms with E-state index in [9.17, 15) is 0 Å². The summed E-state index contributed by atoms with van der Waals surface area (Å²) in [7, 11) is 0. The van der Waals surface area contributed by atoms with Crippen molar-refractivity contribution >= 4 is 20.6 Å². The molecule has 0 spiro atoms. The predicted molar refractivity (Wildman–Crippen MR) is 22.7 cm³/mol. The van der Waals surface area contributed by atoms with E-state index in [0.29, 0.717) is 0 Å². The minimum atomic E-state index is 1.04. The number of aliphatic imine (C=N–C) groups is 1. The molecule has 27 valence electrons. The fourth-order valence-corrected chi connectivity index (χ4v) is 0.586. The number of rotatable bonds is 0. The van der Waals surface area contributed by atoms with E-state index < -0.39 is 0 Å². The number of hydrogen-bond acceptors (Lipinski definition) is 1. The molecular formula is C3H4NSe. The second-order valence-corrected chi connectivity index (χ2v) is 2.01. The molecule has 1 heterocycles. The summed E-state index contributed by atoms with van der Waals surface area (Å²) < 4.78 is 1.19. The standard InChI is InChI=1S/C3H4NSe/c5-3-1-2-4-3/h1-2H2. The molecule has 0 unspecified atom stereocenters. The first-order valence-corrected chi connectivity index (χ1v) is 2.45. The molecule has 2 heteroatoms. The molecule has 0 aromatic rings. The van der Waals surface area contributed by atoms with E-state index in [1.54, 1.807) is 0 Å². The molecule has 1 nitrogen and oxygen atoms in total. The number of hydrogen-bond donors (Lipinski definition) is 0. The zero-order chi connectivity index (χ0) is 3.70. The van der Waals surface area contributed by atoms with Crippen LogP contribution in [-0.2, 0) is 0 Å². The molecular weight excluding hydrogens is 129 g/mol. The zero-order valence-electron chi connectivity index (χ0n) is 2.77. The van der Waals surface area contributed by atoms with Crippen LogP contribution in [0.15, 0.2) is 4.99 Å². The molecule has 0 amide bonds. The third-order valence-corrected chi connectivity index (χ3v) is 1.31. The van der Waals surface area contributed by atoms with E-state index in [2.05, 4.69) is 21.0 Å². The van der Waals surface area contributed by atoms with Gasteiger partial charge in [0.1, 0.15) is 0 Å². The van der Waals surface area contributed by atoms with Gasteiger partial charge in [0.15, 0.2) is 0 Å². The van der Waals surface area contributed by atoms with Gasteiger partial charge in [-0.05, 0) is 0 Å². The van der Waals surface area contributed by atoms with Gasteiger partial charge in [-0.15, -0.1) is 0 Å². The Bertz CT molecular complexity index is 67.3. The van der Waals surface area contributed by atoms with Gasteiger partial charge in [-0.1, -0.05) is 0 Å². The molecule has 5 heavy (non-hydrogen) atoms. The Morgan fingerprint density at radius 1 is 1.80 bits per heavy atom. The molecule has 1 aliphatic heterocycles. The van der Waals surface area contributed by atoms with Crippen molar-refractivity contribution in [2.75, 3.05) is 6.54 Å². The van der Waals surface area contributed by atoms with Crippen molar-refractivity contribution in [1.29, 1.82) is 0 Å². The van der Waals surface area contributed by atoms with Gasteiger partial charge >= 0.3 is 38.6 Å². The van der Waals surface area contributed by atoms with Crippen LogP contribution in [0.5, 0.6) is 0 Å². The summed E-state index contributed by atoms with van der Waals surface area (Å²) in [6.45, 7) is 1.04. The van der Waals surface area contributed by atoms with E-state index in [0.717, 1.165) is 6.54 Å². The predicted octanol–water partition coefficient (Wildman–Crippen LogP) is -0.0429. The summed E-state index contributed by atoms with van der Waals surface area (Å²) >= 11 is 2.83. The number of nitrogens with zero attached hydrogens (tertiary/aromatic N) is 1. The van der Waals surface area contributed by atoms with Crippen LogP contribution >= 0.6 is 0 Å². The molecule has 0 N–H and O–H groups in total. The van der Waals surface area contributed by atoms with E-state index in [-0.39, 0.29) is 0 Å². The summed E-state index contributed by atoms with van der Waals surface area (Å²) in [6.07, 6.45) is 1.18. The van der Waals surface area contributed by atoms with Crippen LogP contribution in [-0.4, -0.2) is 27.2 Å². The third-order valence-electron chi connectivity index (χ3n) is 0.614. The Morgan fingerprint density at radius 2 is 2.20 bits per heavy atom. The van der Waals surface area contributed by atoms with Crippen LogP contribution in [0.25, 0.3) is 0 Å². The maximum atomic E-state index is 3.93. The summed E-state index contributed by atoms with van der Waals surface area (Å²) in [6, 6.07) is 0. The van der Waals surface area contributed by atoms with Crippen molar-refractivity contribution in [3.05, 3.63) is 0 Å². The summed E-state index contributed by atoms with van der Waals surface area (Å²) in [5.74, 6) is 0. The second-order valence-electron chi connectivity index (χ2n) is 1.03. The molecule has 0 bridgehead atoms. The van der Waals surface area contributed by atoms with Crippen molar-refractivity contribution in [1.82, 2.24) is 0 Å². The van der Waals surface area contributed by atoms with Crippen molar-refractivity contribution in [2.45, 2.75) is 6.42 Å². The fraction of sp³-hybridized carbons (Fsp3) is 0.667. The van der Waals surface area contributed by atoms with Crippen molar-refractivity contribution in [3.63, 3.8) is 0 Å². The van der Waals surface area contributed by atoms with Gasteiger partial charge in [0.25, 0.3) is 0 Å². The molecule has 0 aromatic carbocycles. The zero-order valence-corrected chi connectivity index (χ0v) is 4.48. The van der Waals surface area contributed by atoms with Crippen LogP contribution < -0.4 is 0 Å². The molecule has 0 saturated carbocycles. The molecule has 1 rings (SSSR count). The van der Waals surface area contributed by atoms with E-state index >= 15 is 0 Å². The summed E-state index contributed by atoms with van der Waals surface area (Å²) in [5.41, 5.74) is 0. The van der Waals surface area contributed by atoms with Crippen molar-refractivity contribution < 1.29 is 0 Å².